The summed E-state index contributed by atoms with van der Waals surface area (Å²) < 4.78 is 48.9. The van der Waals surface area contributed by atoms with Gasteiger partial charge in [-0.15, -0.1) is 11.3 Å². The van der Waals surface area contributed by atoms with E-state index < -0.39 is 25.4 Å². The van der Waals surface area contributed by atoms with Gasteiger partial charge < -0.3 is 14.7 Å². The van der Waals surface area contributed by atoms with Gasteiger partial charge in [0.1, 0.15) is 13.5 Å². The minimum atomic E-state index is -4.37. The molecule has 6 nitrogen and oxygen atoms in total. The number of hydrogen-bond donors (Lipinski definition) is 2. The summed E-state index contributed by atoms with van der Waals surface area (Å²) >= 11 is 1.42. The zero-order valence-corrected chi connectivity index (χ0v) is 26.1. The molecule has 1 unspecified atom stereocenters. The number of aliphatic hydroxyl groups excluding tert-OH is 1. The second-order valence-electron chi connectivity index (χ2n) is 11.8. The van der Waals surface area contributed by atoms with E-state index in [1.807, 2.05) is 41.6 Å². The number of rotatable bonds is 8. The van der Waals surface area contributed by atoms with Crippen LogP contribution in [0, 0.1) is 5.41 Å². The molecule has 1 atom stereocenters. The lowest BCUT2D eigenvalue weighted by atomic mass is 9.93. The number of Topliss-reactive ketones (excluding diaryl/α,β-unsaturated/α-hetero) is 1. The summed E-state index contributed by atoms with van der Waals surface area (Å²) in [6, 6.07) is 19.2. The Morgan fingerprint density at radius 3 is 2.14 bits per heavy atom. The lowest BCUT2D eigenvalue weighted by molar-refractivity contribution is -0.137. The highest BCUT2D eigenvalue weighted by atomic mass is 32.1. The van der Waals surface area contributed by atoms with Crippen LogP contribution in [-0.4, -0.2) is 58.9 Å². The Morgan fingerprint density at radius 1 is 0.977 bits per heavy atom. The highest BCUT2D eigenvalue weighted by molar-refractivity contribution is 7.66. The van der Waals surface area contributed by atoms with Crippen molar-refractivity contribution >= 4 is 35.0 Å². The van der Waals surface area contributed by atoms with Gasteiger partial charge in [0.25, 0.3) is 0 Å². The van der Waals surface area contributed by atoms with Gasteiger partial charge in [-0.2, -0.15) is 13.2 Å². The van der Waals surface area contributed by atoms with Crippen molar-refractivity contribution in [1.29, 1.82) is 0 Å². The van der Waals surface area contributed by atoms with Crippen molar-refractivity contribution < 1.29 is 32.7 Å². The lowest BCUT2D eigenvalue weighted by Gasteiger charge is -2.55. The van der Waals surface area contributed by atoms with E-state index in [0.29, 0.717) is 34.8 Å². The maximum Gasteiger partial charge on any atom is 0.416 e. The van der Waals surface area contributed by atoms with E-state index in [1.54, 1.807) is 30.3 Å². The fourth-order valence-corrected chi connectivity index (χ4v) is 10.0. The van der Waals surface area contributed by atoms with E-state index >= 15 is 0 Å². The van der Waals surface area contributed by atoms with Gasteiger partial charge in [-0.1, -0.05) is 38.1 Å². The van der Waals surface area contributed by atoms with E-state index in [-0.39, 0.29) is 24.2 Å². The van der Waals surface area contributed by atoms with Crippen molar-refractivity contribution in [1.82, 2.24) is 9.34 Å². The molecule has 2 heterocycles. The number of fused-ring (bicyclic) bond motifs is 1. The Labute approximate surface area is 253 Å². The third-order valence-corrected chi connectivity index (χ3v) is 12.3. The third kappa shape index (κ3) is 6.65. The molecule has 4 aromatic rings. The number of carbonyl (C=O) groups is 1. The summed E-state index contributed by atoms with van der Waals surface area (Å²) in [4.78, 5) is 25.3. The average Bonchev–Trinajstić information content (AvgIpc) is 3.38. The van der Waals surface area contributed by atoms with Crippen molar-refractivity contribution in [2.45, 2.75) is 32.3 Å². The predicted octanol–water partition coefficient (Wildman–Crippen LogP) is 7.89. The van der Waals surface area contributed by atoms with E-state index in [1.165, 1.54) is 23.5 Å². The summed E-state index contributed by atoms with van der Waals surface area (Å²) in [5.74, 6) is -0.580. The van der Waals surface area contributed by atoms with E-state index in [4.69, 9.17) is 4.74 Å². The standard InChI is InChI=1S/C32H35F3N2O4PS/c1-31(2)19-36(3)42(40,37(4)20-31)30(39)29-18-24-17-23(9-14-28(24)43-29)27(38)15-16-41-26-12-7-22(8-13-26)21-5-10-25(11-6-21)32(33,34)35/h5-14,17-18,30,39-40H,15-16,19-20H2,1-4H3. The van der Waals surface area contributed by atoms with Crippen molar-refractivity contribution in [3.8, 4) is 16.9 Å². The Balaban J connectivity index is 1.20. The van der Waals surface area contributed by atoms with Gasteiger partial charge >= 0.3 is 6.18 Å². The molecule has 3 aromatic carbocycles. The maximum absolute atomic E-state index is 12.9. The molecule has 0 aliphatic carbocycles. The normalized spacial score (nSPS) is 18.1. The summed E-state index contributed by atoms with van der Waals surface area (Å²) in [7, 11) is 0.721. The van der Waals surface area contributed by atoms with Gasteiger partial charge in [-0.3, -0.25) is 14.1 Å². The van der Waals surface area contributed by atoms with Gasteiger partial charge in [-0.05, 0) is 84.6 Å². The first-order valence-corrected chi connectivity index (χ1v) is 16.4. The number of aliphatic hydroxyl groups is 1. The highest BCUT2D eigenvalue weighted by Crippen LogP contribution is 2.72. The topological polar surface area (TPSA) is 73.2 Å². The molecule has 229 valence electrons. The molecule has 0 spiro atoms. The van der Waals surface area contributed by atoms with Gasteiger partial charge in [0.05, 0.1) is 12.2 Å². The van der Waals surface area contributed by atoms with Crippen LogP contribution in [-0.2, 0) is 6.18 Å². The lowest BCUT2D eigenvalue weighted by Crippen LogP contribution is -2.49. The number of thiophene rings is 1. The first kappa shape index (κ1) is 31.6. The highest BCUT2D eigenvalue weighted by Gasteiger charge is 2.49. The number of alkyl halides is 3. The number of nitrogens with zero attached hydrogens (tertiary/aromatic N) is 2. The second kappa shape index (κ2) is 11.9. The predicted molar refractivity (Wildman–Crippen MR) is 166 cm³/mol. The molecular formula is C32H35F3N2O4PS. The molecule has 1 fully saturated rings. The number of carbonyl (C=O) groups excluding carboxylic acids is 1. The monoisotopic (exact) mass is 631 g/mol. The molecule has 43 heavy (non-hydrogen) atoms. The summed E-state index contributed by atoms with van der Waals surface area (Å²) in [6.45, 7) is 5.79. The fourth-order valence-electron chi connectivity index (χ4n) is 5.67. The quantitative estimate of drug-likeness (QED) is 0.152. The van der Waals surface area contributed by atoms with Crippen molar-refractivity contribution in [2.24, 2.45) is 5.41 Å². The number of benzene rings is 3. The fraction of sp³-hybridized carbons (Fsp3) is 0.344. The van der Waals surface area contributed by atoms with Crippen molar-refractivity contribution in [3.63, 3.8) is 0 Å². The van der Waals surface area contributed by atoms with Crippen LogP contribution >= 0.6 is 19.1 Å². The number of halogens is 3. The minimum absolute atomic E-state index is 0.00649. The minimum Gasteiger partial charge on any atom is -0.493 e. The van der Waals surface area contributed by atoms with Gasteiger partial charge in [-0.25, -0.2) is 0 Å². The van der Waals surface area contributed by atoms with E-state index in [0.717, 1.165) is 27.8 Å². The van der Waals surface area contributed by atoms with Crippen LogP contribution in [0.5, 0.6) is 5.75 Å². The van der Waals surface area contributed by atoms with E-state index in [9.17, 15) is 28.0 Å². The molecule has 0 saturated carbocycles. The first-order valence-electron chi connectivity index (χ1n) is 13.9. The molecule has 0 amide bonds. The van der Waals surface area contributed by atoms with Crippen LogP contribution in [0.2, 0.25) is 0 Å². The Kier molecular flexibility index (Phi) is 8.75. The van der Waals surface area contributed by atoms with Crippen molar-refractivity contribution in [3.05, 3.63) is 88.8 Å². The maximum atomic E-state index is 12.9. The average molecular weight is 632 g/mol. The molecule has 1 aliphatic rings. The molecule has 1 aliphatic heterocycles. The molecule has 5 rings (SSSR count). The van der Waals surface area contributed by atoms with Crippen molar-refractivity contribution in [2.75, 3.05) is 33.8 Å². The number of ether oxygens (including phenoxy) is 1. The number of ketones is 1. The first-order chi connectivity index (χ1) is 20.2. The Bertz CT molecular complexity index is 1590. The molecule has 1 saturated heterocycles. The van der Waals surface area contributed by atoms with Crippen LogP contribution in [0.25, 0.3) is 21.2 Å². The third-order valence-electron chi connectivity index (χ3n) is 7.76. The molecule has 2 N–H and O–H groups in total. The summed E-state index contributed by atoms with van der Waals surface area (Å²) in [5.41, 5.74) is 1.25. The Hall–Kier alpha value is -2.85. The molecule has 1 aromatic heterocycles. The van der Waals surface area contributed by atoms with Gasteiger partial charge in [0.15, 0.2) is 11.6 Å². The van der Waals surface area contributed by atoms with Crippen LogP contribution < -0.4 is 4.74 Å². The van der Waals surface area contributed by atoms with Crippen LogP contribution in [0.4, 0.5) is 13.2 Å². The molecule has 1 radical (unpaired) electrons. The smallest absolute Gasteiger partial charge is 0.416 e. The zero-order chi connectivity index (χ0) is 31.2. The Morgan fingerprint density at radius 2 is 1.56 bits per heavy atom. The number of hydrogen-bond acceptors (Lipinski definition) is 7. The van der Waals surface area contributed by atoms with Crippen LogP contribution in [0.3, 0.4) is 0 Å². The molecule has 11 heteroatoms. The largest absolute Gasteiger partial charge is 0.493 e. The summed E-state index contributed by atoms with van der Waals surface area (Å²) in [6.07, 6.45) is -4.22. The summed E-state index contributed by atoms with van der Waals surface area (Å²) in [5, 5.41) is 12.2. The SMILES string of the molecule is CN1CC(C)(C)CN(C)[P]1(O)C(O)c1cc2cc(C(=O)CCOc3ccc(-c4ccc(C(F)(F)F)cc4)cc3)ccc2s1. The second-order valence-corrected chi connectivity index (χ2v) is 16.0. The molecular weight excluding hydrogens is 596 g/mol. The van der Waals surface area contributed by atoms with Gasteiger partial charge in [0.2, 0.25) is 0 Å². The zero-order valence-electron chi connectivity index (χ0n) is 24.4. The van der Waals surface area contributed by atoms with E-state index in [2.05, 4.69) is 13.8 Å². The van der Waals surface area contributed by atoms with Crippen LogP contribution in [0.15, 0.2) is 72.8 Å². The molecule has 0 bridgehead atoms. The van der Waals surface area contributed by atoms with Gasteiger partial charge in [0, 0.05) is 34.7 Å². The van der Waals surface area contributed by atoms with Crippen LogP contribution in [0.1, 0.15) is 46.9 Å².